The van der Waals surface area contributed by atoms with Crippen LogP contribution < -0.4 is 5.73 Å². The van der Waals surface area contributed by atoms with Crippen molar-refractivity contribution in [3.63, 3.8) is 0 Å². The number of halogens is 1. The van der Waals surface area contributed by atoms with Crippen molar-refractivity contribution >= 4 is 21.7 Å². The summed E-state index contributed by atoms with van der Waals surface area (Å²) in [6.45, 7) is 2.53. The van der Waals surface area contributed by atoms with Gasteiger partial charge in [0, 0.05) is 20.8 Å². The molecule has 0 aliphatic carbocycles. The molecule has 1 atom stereocenters. The largest absolute Gasteiger partial charge is 0.385 e. The Bertz CT molecular complexity index is 418. The van der Waals surface area contributed by atoms with Gasteiger partial charge in [-0.15, -0.1) is 0 Å². The Labute approximate surface area is 116 Å². The van der Waals surface area contributed by atoms with Gasteiger partial charge in [0.1, 0.15) is 0 Å². The monoisotopic (exact) mass is 317 g/mol. The molecule has 18 heavy (non-hydrogen) atoms. The van der Waals surface area contributed by atoms with E-state index in [-0.39, 0.29) is 5.78 Å². The number of nitrogens with two attached hydrogens (primary N) is 1. The van der Waals surface area contributed by atoms with Crippen molar-refractivity contribution in [3.05, 3.63) is 15.9 Å². The molecule has 0 fully saturated rings. The number of rotatable bonds is 7. The molecule has 0 radical (unpaired) electrons. The summed E-state index contributed by atoms with van der Waals surface area (Å²) in [6, 6.07) is -0.428. The van der Waals surface area contributed by atoms with Crippen molar-refractivity contribution in [1.82, 2.24) is 9.78 Å². The Morgan fingerprint density at radius 3 is 2.78 bits per heavy atom. The number of ketones is 1. The highest BCUT2D eigenvalue weighted by Gasteiger charge is 2.18. The van der Waals surface area contributed by atoms with E-state index in [1.165, 1.54) is 0 Å². The van der Waals surface area contributed by atoms with Crippen molar-refractivity contribution in [3.8, 4) is 0 Å². The minimum atomic E-state index is -0.428. The first kappa shape index (κ1) is 15.3. The number of hydrogen-bond acceptors (Lipinski definition) is 4. The fourth-order valence-electron chi connectivity index (χ4n) is 1.78. The van der Waals surface area contributed by atoms with Crippen LogP contribution in [0.25, 0.3) is 0 Å². The zero-order valence-electron chi connectivity index (χ0n) is 11.1. The van der Waals surface area contributed by atoms with Crippen LogP contribution in [0.15, 0.2) is 4.47 Å². The molecule has 0 saturated heterocycles. The molecule has 1 unspecified atom stereocenters. The second-order valence-corrected chi connectivity index (χ2v) is 5.15. The van der Waals surface area contributed by atoms with E-state index in [9.17, 15) is 4.79 Å². The summed E-state index contributed by atoms with van der Waals surface area (Å²) in [7, 11) is 3.47. The van der Waals surface area contributed by atoms with Crippen molar-refractivity contribution in [1.29, 1.82) is 0 Å². The lowest BCUT2D eigenvalue weighted by molar-refractivity contribution is -0.119. The summed E-state index contributed by atoms with van der Waals surface area (Å²) in [4.78, 5) is 12.0. The highest BCUT2D eigenvalue weighted by atomic mass is 79.9. The van der Waals surface area contributed by atoms with E-state index in [0.717, 1.165) is 22.3 Å². The number of carbonyl (C=O) groups excluding carboxylic acids is 1. The van der Waals surface area contributed by atoms with E-state index < -0.39 is 6.04 Å². The maximum Gasteiger partial charge on any atom is 0.155 e. The van der Waals surface area contributed by atoms with Crippen LogP contribution in [0.5, 0.6) is 0 Å². The molecular weight excluding hydrogens is 298 g/mol. The molecule has 0 bridgehead atoms. The van der Waals surface area contributed by atoms with E-state index in [4.69, 9.17) is 10.5 Å². The Morgan fingerprint density at radius 2 is 2.28 bits per heavy atom. The summed E-state index contributed by atoms with van der Waals surface area (Å²) >= 11 is 3.45. The van der Waals surface area contributed by atoms with Crippen molar-refractivity contribution in [2.24, 2.45) is 12.8 Å². The van der Waals surface area contributed by atoms with Crippen molar-refractivity contribution in [2.45, 2.75) is 32.2 Å². The van der Waals surface area contributed by atoms with Gasteiger partial charge in [-0.3, -0.25) is 9.48 Å². The number of aromatic nitrogens is 2. The van der Waals surface area contributed by atoms with Gasteiger partial charge >= 0.3 is 0 Å². The van der Waals surface area contributed by atoms with Crippen LogP contribution in [-0.4, -0.2) is 35.3 Å². The second-order valence-electron chi connectivity index (χ2n) is 4.35. The normalized spacial score (nSPS) is 12.7. The SMILES string of the molecule is COCCCC(N)C(=O)Cc1c(Br)c(C)nn1C. The zero-order valence-corrected chi connectivity index (χ0v) is 12.7. The molecule has 0 aliphatic heterocycles. The van der Waals surface area contributed by atoms with Crippen LogP contribution in [0.3, 0.4) is 0 Å². The topological polar surface area (TPSA) is 70.1 Å². The van der Waals surface area contributed by atoms with Crippen molar-refractivity contribution in [2.75, 3.05) is 13.7 Å². The highest BCUT2D eigenvalue weighted by Crippen LogP contribution is 2.21. The maximum absolute atomic E-state index is 12.0. The number of Topliss-reactive ketones (excluding diaryl/α,β-unsaturated/α-hetero) is 1. The molecule has 102 valence electrons. The highest BCUT2D eigenvalue weighted by molar-refractivity contribution is 9.10. The zero-order chi connectivity index (χ0) is 13.7. The van der Waals surface area contributed by atoms with Gasteiger partial charge in [-0.05, 0) is 35.7 Å². The molecule has 0 amide bonds. The number of nitrogens with zero attached hydrogens (tertiary/aromatic N) is 2. The standard InChI is InChI=1S/C12H20BrN3O2/c1-8-12(13)10(16(2)15-8)7-11(17)9(14)5-4-6-18-3/h9H,4-7,14H2,1-3H3. The molecule has 0 spiro atoms. The van der Waals surface area contributed by atoms with E-state index in [2.05, 4.69) is 21.0 Å². The predicted octanol–water partition coefficient (Wildman–Crippen LogP) is 1.36. The van der Waals surface area contributed by atoms with Gasteiger partial charge < -0.3 is 10.5 Å². The molecular formula is C12H20BrN3O2. The summed E-state index contributed by atoms with van der Waals surface area (Å²) in [5.74, 6) is 0.0369. The fourth-order valence-corrected chi connectivity index (χ4v) is 2.25. The summed E-state index contributed by atoms with van der Waals surface area (Å²) in [6.07, 6.45) is 1.77. The summed E-state index contributed by atoms with van der Waals surface area (Å²) < 4.78 is 7.56. The first-order chi connectivity index (χ1) is 8.47. The Balaban J connectivity index is 2.58. The number of methoxy groups -OCH3 is 1. The van der Waals surface area contributed by atoms with Gasteiger partial charge in [-0.1, -0.05) is 0 Å². The molecule has 0 saturated carbocycles. The summed E-state index contributed by atoms with van der Waals surface area (Å²) in [5.41, 5.74) is 7.62. The number of carbonyl (C=O) groups is 1. The first-order valence-corrected chi connectivity index (χ1v) is 6.71. The van der Waals surface area contributed by atoms with Gasteiger partial charge in [0.15, 0.2) is 5.78 Å². The van der Waals surface area contributed by atoms with Gasteiger partial charge in [-0.25, -0.2) is 0 Å². The number of ether oxygens (including phenoxy) is 1. The average Bonchev–Trinajstić information content (AvgIpc) is 2.56. The van der Waals surface area contributed by atoms with Crippen molar-refractivity contribution < 1.29 is 9.53 Å². The fraction of sp³-hybridized carbons (Fsp3) is 0.667. The lowest BCUT2D eigenvalue weighted by Crippen LogP contribution is -2.32. The molecule has 1 heterocycles. The second kappa shape index (κ2) is 7.01. The molecule has 5 nitrogen and oxygen atoms in total. The molecule has 1 aromatic rings. The summed E-state index contributed by atoms with van der Waals surface area (Å²) in [5, 5.41) is 4.26. The van der Waals surface area contributed by atoms with Gasteiger partial charge in [0.2, 0.25) is 0 Å². The Kier molecular flexibility index (Phi) is 5.98. The van der Waals surface area contributed by atoms with Gasteiger partial charge in [-0.2, -0.15) is 5.10 Å². The van der Waals surface area contributed by atoms with Crippen LogP contribution in [0.2, 0.25) is 0 Å². The average molecular weight is 318 g/mol. The molecule has 6 heteroatoms. The Morgan fingerprint density at radius 1 is 1.61 bits per heavy atom. The molecule has 1 aromatic heterocycles. The van der Waals surface area contributed by atoms with Crippen LogP contribution in [0, 0.1) is 6.92 Å². The van der Waals surface area contributed by atoms with Gasteiger partial charge in [0.05, 0.1) is 28.3 Å². The van der Waals surface area contributed by atoms with Gasteiger partial charge in [0.25, 0.3) is 0 Å². The molecule has 1 rings (SSSR count). The van der Waals surface area contributed by atoms with E-state index in [1.807, 2.05) is 14.0 Å². The first-order valence-electron chi connectivity index (χ1n) is 5.92. The minimum Gasteiger partial charge on any atom is -0.385 e. The van der Waals surface area contributed by atoms with Crippen LogP contribution >= 0.6 is 15.9 Å². The number of hydrogen-bond donors (Lipinski definition) is 1. The van der Waals surface area contributed by atoms with E-state index >= 15 is 0 Å². The lowest BCUT2D eigenvalue weighted by Gasteiger charge is -2.10. The minimum absolute atomic E-state index is 0.0369. The molecule has 2 N–H and O–H groups in total. The third kappa shape index (κ3) is 3.90. The van der Waals surface area contributed by atoms with E-state index in [0.29, 0.717) is 19.4 Å². The third-order valence-electron chi connectivity index (χ3n) is 2.88. The van der Waals surface area contributed by atoms with Crippen LogP contribution in [0.1, 0.15) is 24.2 Å². The smallest absolute Gasteiger partial charge is 0.155 e. The maximum atomic E-state index is 12.0. The van der Waals surface area contributed by atoms with E-state index in [1.54, 1.807) is 11.8 Å². The van der Waals surface area contributed by atoms with Crippen LogP contribution in [0.4, 0.5) is 0 Å². The van der Waals surface area contributed by atoms with Crippen LogP contribution in [-0.2, 0) is 23.0 Å². The Hall–Kier alpha value is -0.720. The lowest BCUT2D eigenvalue weighted by atomic mass is 10.0. The number of aryl methyl sites for hydroxylation is 2. The molecule has 0 aliphatic rings. The predicted molar refractivity (Wildman–Crippen MR) is 73.4 cm³/mol. The quantitative estimate of drug-likeness (QED) is 0.771. The molecule has 0 aromatic carbocycles. The third-order valence-corrected chi connectivity index (χ3v) is 3.91.